The summed E-state index contributed by atoms with van der Waals surface area (Å²) >= 11 is 7.03. The monoisotopic (exact) mass is 387 g/mol. The van der Waals surface area contributed by atoms with Crippen LogP contribution in [0.25, 0.3) is 0 Å². The molecule has 0 bridgehead atoms. The van der Waals surface area contributed by atoms with E-state index in [0.717, 1.165) is 33.1 Å². The van der Waals surface area contributed by atoms with Crippen LogP contribution in [-0.2, 0) is 6.54 Å². The fourth-order valence-corrected chi connectivity index (χ4v) is 3.25. The lowest BCUT2D eigenvalue weighted by atomic mass is 10.1. The molecule has 0 aliphatic carbocycles. The molecule has 4 heteroatoms. The summed E-state index contributed by atoms with van der Waals surface area (Å²) in [7, 11) is 0. The van der Waals surface area contributed by atoms with Crippen molar-refractivity contribution >= 4 is 31.9 Å². The SMILES string of the molecule is C#CC(CCC)NCc1cc(Br)cc(Br)c1OCC. The summed E-state index contributed by atoms with van der Waals surface area (Å²) in [5, 5.41) is 3.38. The number of hydrogen-bond acceptors (Lipinski definition) is 2. The summed E-state index contributed by atoms with van der Waals surface area (Å²) in [5.74, 6) is 3.66. The average molecular weight is 389 g/mol. The first-order valence-corrected chi connectivity index (χ1v) is 8.01. The molecule has 1 atom stereocenters. The molecule has 19 heavy (non-hydrogen) atoms. The van der Waals surface area contributed by atoms with Gasteiger partial charge in [-0.05, 0) is 41.4 Å². The van der Waals surface area contributed by atoms with E-state index in [1.807, 2.05) is 13.0 Å². The van der Waals surface area contributed by atoms with Crippen LogP contribution in [0.15, 0.2) is 21.1 Å². The van der Waals surface area contributed by atoms with Crippen molar-refractivity contribution in [3.8, 4) is 18.1 Å². The van der Waals surface area contributed by atoms with E-state index in [1.54, 1.807) is 0 Å². The fraction of sp³-hybridized carbons (Fsp3) is 0.467. The minimum absolute atomic E-state index is 0.109. The highest BCUT2D eigenvalue weighted by molar-refractivity contribution is 9.11. The van der Waals surface area contributed by atoms with E-state index < -0.39 is 0 Å². The van der Waals surface area contributed by atoms with Crippen LogP contribution in [0.5, 0.6) is 5.75 Å². The van der Waals surface area contributed by atoms with E-state index in [4.69, 9.17) is 11.2 Å². The molecule has 0 aliphatic rings. The predicted molar refractivity (Wildman–Crippen MR) is 87.4 cm³/mol. The van der Waals surface area contributed by atoms with Crippen LogP contribution in [0.3, 0.4) is 0 Å². The molecule has 0 heterocycles. The Morgan fingerprint density at radius 1 is 1.37 bits per heavy atom. The Kier molecular flexibility index (Phi) is 7.52. The van der Waals surface area contributed by atoms with E-state index in [2.05, 4.69) is 56.1 Å². The van der Waals surface area contributed by atoms with E-state index in [1.165, 1.54) is 0 Å². The molecule has 0 spiro atoms. The summed E-state index contributed by atoms with van der Waals surface area (Å²) < 4.78 is 7.66. The summed E-state index contributed by atoms with van der Waals surface area (Å²) in [4.78, 5) is 0. The normalized spacial score (nSPS) is 11.9. The van der Waals surface area contributed by atoms with Crippen molar-refractivity contribution in [3.63, 3.8) is 0 Å². The topological polar surface area (TPSA) is 21.3 Å². The number of halogens is 2. The Hall–Kier alpha value is -0.500. The maximum Gasteiger partial charge on any atom is 0.138 e. The molecule has 104 valence electrons. The van der Waals surface area contributed by atoms with Crippen LogP contribution in [0.2, 0.25) is 0 Å². The second-order valence-corrected chi connectivity index (χ2v) is 5.97. The molecule has 0 amide bonds. The van der Waals surface area contributed by atoms with Crippen molar-refractivity contribution in [2.24, 2.45) is 0 Å². The van der Waals surface area contributed by atoms with Gasteiger partial charge in [-0.2, -0.15) is 0 Å². The van der Waals surface area contributed by atoms with Gasteiger partial charge in [0.15, 0.2) is 0 Å². The lowest BCUT2D eigenvalue weighted by molar-refractivity contribution is 0.332. The van der Waals surface area contributed by atoms with Crippen LogP contribution in [-0.4, -0.2) is 12.6 Å². The molecule has 1 unspecified atom stereocenters. The maximum absolute atomic E-state index is 5.69. The summed E-state index contributed by atoms with van der Waals surface area (Å²) in [6, 6.07) is 4.15. The first-order chi connectivity index (χ1) is 9.12. The van der Waals surface area contributed by atoms with Gasteiger partial charge in [0.2, 0.25) is 0 Å². The highest BCUT2D eigenvalue weighted by atomic mass is 79.9. The third-order valence-corrected chi connectivity index (χ3v) is 3.74. The van der Waals surface area contributed by atoms with Crippen LogP contribution in [0, 0.1) is 12.3 Å². The van der Waals surface area contributed by atoms with Gasteiger partial charge in [0, 0.05) is 16.6 Å². The Morgan fingerprint density at radius 2 is 2.11 bits per heavy atom. The zero-order valence-corrected chi connectivity index (χ0v) is 14.5. The van der Waals surface area contributed by atoms with Gasteiger partial charge in [-0.1, -0.05) is 35.2 Å². The zero-order valence-electron chi connectivity index (χ0n) is 11.3. The molecular weight excluding hydrogens is 370 g/mol. The van der Waals surface area contributed by atoms with Gasteiger partial charge < -0.3 is 4.74 Å². The minimum atomic E-state index is 0.109. The molecule has 0 aliphatic heterocycles. The minimum Gasteiger partial charge on any atom is -0.492 e. The molecular formula is C15H19Br2NO. The summed E-state index contributed by atoms with van der Waals surface area (Å²) in [6.45, 7) is 5.45. The molecule has 1 aromatic carbocycles. The van der Waals surface area contributed by atoms with Crippen LogP contribution in [0.1, 0.15) is 32.3 Å². The number of ether oxygens (including phenoxy) is 1. The van der Waals surface area contributed by atoms with E-state index in [-0.39, 0.29) is 6.04 Å². The molecule has 1 aromatic rings. The van der Waals surface area contributed by atoms with E-state index >= 15 is 0 Å². The van der Waals surface area contributed by atoms with Gasteiger partial charge in [0.05, 0.1) is 17.1 Å². The van der Waals surface area contributed by atoms with Crippen molar-refractivity contribution in [2.45, 2.75) is 39.3 Å². The quantitative estimate of drug-likeness (QED) is 0.694. The number of rotatable bonds is 7. The molecule has 1 N–H and O–H groups in total. The molecule has 0 saturated heterocycles. The second-order valence-electron chi connectivity index (χ2n) is 4.20. The van der Waals surface area contributed by atoms with Crippen LogP contribution in [0.4, 0.5) is 0 Å². The molecule has 0 fully saturated rings. The van der Waals surface area contributed by atoms with Crippen molar-refractivity contribution in [3.05, 3.63) is 26.6 Å². The van der Waals surface area contributed by atoms with Crippen molar-refractivity contribution in [1.29, 1.82) is 0 Å². The zero-order chi connectivity index (χ0) is 14.3. The van der Waals surface area contributed by atoms with E-state index in [0.29, 0.717) is 13.2 Å². The van der Waals surface area contributed by atoms with Crippen molar-refractivity contribution in [1.82, 2.24) is 5.32 Å². The maximum atomic E-state index is 5.69. The third kappa shape index (κ3) is 5.18. The van der Waals surface area contributed by atoms with Crippen LogP contribution >= 0.6 is 31.9 Å². The van der Waals surface area contributed by atoms with Gasteiger partial charge in [-0.3, -0.25) is 5.32 Å². The van der Waals surface area contributed by atoms with Crippen molar-refractivity contribution in [2.75, 3.05) is 6.61 Å². The third-order valence-electron chi connectivity index (χ3n) is 2.69. The number of nitrogens with one attached hydrogen (secondary N) is 1. The molecule has 2 nitrogen and oxygen atoms in total. The van der Waals surface area contributed by atoms with E-state index in [9.17, 15) is 0 Å². The van der Waals surface area contributed by atoms with Gasteiger partial charge in [0.25, 0.3) is 0 Å². The first-order valence-electron chi connectivity index (χ1n) is 6.42. The Balaban J connectivity index is 2.84. The first kappa shape index (κ1) is 16.6. The Labute approximate surface area is 132 Å². The fourth-order valence-electron chi connectivity index (χ4n) is 1.82. The lowest BCUT2D eigenvalue weighted by Gasteiger charge is -2.16. The Morgan fingerprint density at radius 3 is 2.68 bits per heavy atom. The largest absolute Gasteiger partial charge is 0.492 e. The van der Waals surface area contributed by atoms with Crippen LogP contribution < -0.4 is 10.1 Å². The summed E-state index contributed by atoms with van der Waals surface area (Å²) in [6.07, 6.45) is 7.57. The molecule has 0 aromatic heterocycles. The average Bonchev–Trinajstić information content (AvgIpc) is 2.38. The standard InChI is InChI=1S/C15H19Br2NO/c1-4-7-13(5-2)18-10-11-8-12(16)9-14(17)15(11)19-6-3/h2,8-9,13,18H,4,6-7,10H2,1,3H3. The second kappa shape index (κ2) is 8.63. The number of terminal acetylenes is 1. The molecule has 0 radical (unpaired) electrons. The smallest absolute Gasteiger partial charge is 0.138 e. The van der Waals surface area contributed by atoms with Gasteiger partial charge in [-0.25, -0.2) is 0 Å². The van der Waals surface area contributed by atoms with Gasteiger partial charge in [0.1, 0.15) is 5.75 Å². The summed E-state index contributed by atoms with van der Waals surface area (Å²) in [5.41, 5.74) is 1.10. The lowest BCUT2D eigenvalue weighted by Crippen LogP contribution is -2.27. The van der Waals surface area contributed by atoms with Gasteiger partial charge in [-0.15, -0.1) is 6.42 Å². The predicted octanol–water partition coefficient (Wildman–Crippen LogP) is 4.50. The number of hydrogen-bond donors (Lipinski definition) is 1. The molecule has 0 saturated carbocycles. The van der Waals surface area contributed by atoms with Crippen molar-refractivity contribution < 1.29 is 4.74 Å². The number of benzene rings is 1. The highest BCUT2D eigenvalue weighted by Crippen LogP contribution is 2.33. The highest BCUT2D eigenvalue weighted by Gasteiger charge is 2.11. The van der Waals surface area contributed by atoms with Gasteiger partial charge >= 0.3 is 0 Å². The Bertz CT molecular complexity index is 454. The molecule has 1 rings (SSSR count).